The Balaban J connectivity index is 2.48. The van der Waals surface area contributed by atoms with Gasteiger partial charge in [-0.2, -0.15) is 4.31 Å². The Kier molecular flexibility index (Phi) is 7.28. The Hall–Kier alpha value is -0.170. The van der Waals surface area contributed by atoms with E-state index in [9.17, 15) is 8.42 Å². The molecule has 1 heterocycles. The highest BCUT2D eigenvalue weighted by molar-refractivity contribution is 7.89. The minimum atomic E-state index is -3.04. The maximum atomic E-state index is 12.1. The van der Waals surface area contributed by atoms with Crippen LogP contribution in [0.25, 0.3) is 0 Å². The third-order valence-electron chi connectivity index (χ3n) is 3.83. The molecule has 2 N–H and O–H groups in total. The first-order valence-electron chi connectivity index (χ1n) is 7.47. The van der Waals surface area contributed by atoms with Gasteiger partial charge in [-0.3, -0.25) is 4.90 Å². The third kappa shape index (κ3) is 5.02. The molecule has 5 nitrogen and oxygen atoms in total. The average Bonchev–Trinajstić information content (AvgIpc) is 2.43. The first-order chi connectivity index (χ1) is 9.05. The van der Waals surface area contributed by atoms with Gasteiger partial charge in [-0.1, -0.05) is 26.7 Å². The maximum Gasteiger partial charge on any atom is 0.214 e. The molecule has 1 saturated heterocycles. The van der Waals surface area contributed by atoms with E-state index in [4.69, 9.17) is 5.73 Å². The molecule has 0 radical (unpaired) electrons. The smallest absolute Gasteiger partial charge is 0.214 e. The number of rotatable bonds is 8. The molecule has 0 aliphatic carbocycles. The zero-order valence-electron chi connectivity index (χ0n) is 12.3. The van der Waals surface area contributed by atoms with Crippen LogP contribution in [0.3, 0.4) is 0 Å². The zero-order valence-corrected chi connectivity index (χ0v) is 13.2. The molecule has 1 aliphatic rings. The van der Waals surface area contributed by atoms with Crippen molar-refractivity contribution in [1.82, 2.24) is 9.21 Å². The van der Waals surface area contributed by atoms with Crippen molar-refractivity contribution in [3.05, 3.63) is 0 Å². The lowest BCUT2D eigenvalue weighted by atomic mass is 10.1. The van der Waals surface area contributed by atoms with Crippen LogP contribution in [-0.4, -0.2) is 62.1 Å². The van der Waals surface area contributed by atoms with Gasteiger partial charge < -0.3 is 5.73 Å². The fourth-order valence-electron chi connectivity index (χ4n) is 2.59. The largest absolute Gasteiger partial charge is 0.329 e. The van der Waals surface area contributed by atoms with E-state index in [0.29, 0.717) is 31.4 Å². The van der Waals surface area contributed by atoms with Crippen molar-refractivity contribution in [2.75, 3.05) is 38.5 Å². The first kappa shape index (κ1) is 16.9. The Morgan fingerprint density at radius 3 is 2.21 bits per heavy atom. The summed E-state index contributed by atoms with van der Waals surface area (Å²) in [7, 11) is -3.04. The lowest BCUT2D eigenvalue weighted by Gasteiger charge is -2.38. The number of piperazine rings is 1. The van der Waals surface area contributed by atoms with Crippen molar-refractivity contribution in [2.45, 2.75) is 45.6 Å². The number of nitrogens with zero attached hydrogens (tertiary/aromatic N) is 2. The molecular weight excluding hydrogens is 262 g/mol. The van der Waals surface area contributed by atoms with E-state index in [0.717, 1.165) is 38.8 Å². The molecule has 0 aromatic heterocycles. The Labute approximate surface area is 118 Å². The summed E-state index contributed by atoms with van der Waals surface area (Å²) < 4.78 is 25.8. The molecule has 1 rings (SSSR count). The van der Waals surface area contributed by atoms with Gasteiger partial charge >= 0.3 is 0 Å². The summed E-state index contributed by atoms with van der Waals surface area (Å²) in [5, 5.41) is 0. The van der Waals surface area contributed by atoms with Gasteiger partial charge in [-0.25, -0.2) is 8.42 Å². The Bertz CT molecular complexity index is 338. The van der Waals surface area contributed by atoms with Crippen LogP contribution in [0, 0.1) is 0 Å². The lowest BCUT2D eigenvalue weighted by molar-refractivity contribution is 0.133. The summed E-state index contributed by atoms with van der Waals surface area (Å²) in [5.74, 6) is 0.290. The molecule has 114 valence electrons. The highest BCUT2D eigenvalue weighted by Crippen LogP contribution is 2.14. The van der Waals surface area contributed by atoms with Gasteiger partial charge in [-0.15, -0.1) is 0 Å². The number of sulfonamides is 1. The molecule has 6 heteroatoms. The molecule has 0 amide bonds. The van der Waals surface area contributed by atoms with Gasteiger partial charge in [0.2, 0.25) is 10.0 Å². The summed E-state index contributed by atoms with van der Waals surface area (Å²) in [6, 6.07) is 0.408. The molecular formula is C13H29N3O2S. The Morgan fingerprint density at radius 2 is 1.74 bits per heavy atom. The van der Waals surface area contributed by atoms with Gasteiger partial charge in [0.15, 0.2) is 0 Å². The second-order valence-electron chi connectivity index (χ2n) is 5.28. The molecule has 0 spiro atoms. The summed E-state index contributed by atoms with van der Waals surface area (Å²) in [6.45, 7) is 7.70. The number of unbranched alkanes of at least 4 members (excludes halogenated alkanes) is 1. The third-order valence-corrected chi connectivity index (χ3v) is 5.79. The molecule has 0 aromatic carbocycles. The minimum absolute atomic E-state index is 0.290. The van der Waals surface area contributed by atoms with Crippen molar-refractivity contribution in [3.63, 3.8) is 0 Å². The molecule has 0 aromatic rings. The van der Waals surface area contributed by atoms with E-state index in [-0.39, 0.29) is 0 Å². The highest BCUT2D eigenvalue weighted by Gasteiger charge is 2.28. The van der Waals surface area contributed by atoms with Crippen LogP contribution in [0.15, 0.2) is 0 Å². The van der Waals surface area contributed by atoms with Crippen molar-refractivity contribution < 1.29 is 8.42 Å². The lowest BCUT2D eigenvalue weighted by Crippen LogP contribution is -2.53. The van der Waals surface area contributed by atoms with E-state index < -0.39 is 10.0 Å². The summed E-state index contributed by atoms with van der Waals surface area (Å²) in [6.07, 6.45) is 3.89. The number of hydrogen-bond acceptors (Lipinski definition) is 4. The van der Waals surface area contributed by atoms with Crippen LogP contribution in [0.2, 0.25) is 0 Å². The van der Waals surface area contributed by atoms with Gasteiger partial charge in [0.1, 0.15) is 0 Å². The second kappa shape index (κ2) is 8.19. The molecule has 1 atom stereocenters. The summed E-state index contributed by atoms with van der Waals surface area (Å²) in [4.78, 5) is 2.34. The maximum absolute atomic E-state index is 12.1. The zero-order chi connectivity index (χ0) is 14.3. The standard InChI is InChI=1S/C13H29N3O2S/c1-3-5-11-19(17,18)16-9-7-15(8-10-16)13(12-14)6-4-2/h13H,3-12,14H2,1-2H3. The van der Waals surface area contributed by atoms with Gasteiger partial charge in [-0.05, 0) is 12.8 Å². The van der Waals surface area contributed by atoms with Gasteiger partial charge in [0.05, 0.1) is 5.75 Å². The second-order valence-corrected chi connectivity index (χ2v) is 7.37. The quantitative estimate of drug-likeness (QED) is 0.720. The van der Waals surface area contributed by atoms with Crippen LogP contribution in [0.1, 0.15) is 39.5 Å². The van der Waals surface area contributed by atoms with Crippen LogP contribution >= 0.6 is 0 Å². The fourth-order valence-corrected chi connectivity index (χ4v) is 4.22. The normalized spacial score (nSPS) is 20.6. The van der Waals surface area contributed by atoms with Crippen molar-refractivity contribution in [2.24, 2.45) is 5.73 Å². The SMILES string of the molecule is CCCCS(=O)(=O)N1CCN(C(CN)CCC)CC1. The molecule has 0 bridgehead atoms. The van der Waals surface area contributed by atoms with Crippen LogP contribution < -0.4 is 5.73 Å². The van der Waals surface area contributed by atoms with Crippen LogP contribution in [0.5, 0.6) is 0 Å². The van der Waals surface area contributed by atoms with Crippen molar-refractivity contribution in [3.8, 4) is 0 Å². The molecule has 0 saturated carbocycles. The molecule has 1 aliphatic heterocycles. The van der Waals surface area contributed by atoms with E-state index in [1.54, 1.807) is 4.31 Å². The van der Waals surface area contributed by atoms with E-state index in [2.05, 4.69) is 11.8 Å². The molecule has 1 fully saturated rings. The predicted octanol–water partition coefficient (Wildman–Crippen LogP) is 0.861. The molecule has 1 unspecified atom stereocenters. The average molecular weight is 291 g/mol. The van der Waals surface area contributed by atoms with Crippen LogP contribution in [-0.2, 0) is 10.0 Å². The van der Waals surface area contributed by atoms with Crippen LogP contribution in [0.4, 0.5) is 0 Å². The predicted molar refractivity (Wildman–Crippen MR) is 79.6 cm³/mol. The first-order valence-corrected chi connectivity index (χ1v) is 9.08. The van der Waals surface area contributed by atoms with Crippen molar-refractivity contribution in [1.29, 1.82) is 0 Å². The highest BCUT2D eigenvalue weighted by atomic mass is 32.2. The van der Waals surface area contributed by atoms with Gasteiger partial charge in [0.25, 0.3) is 0 Å². The van der Waals surface area contributed by atoms with Gasteiger partial charge in [0, 0.05) is 38.8 Å². The van der Waals surface area contributed by atoms with E-state index in [1.165, 1.54) is 0 Å². The summed E-state index contributed by atoms with van der Waals surface area (Å²) >= 11 is 0. The molecule has 19 heavy (non-hydrogen) atoms. The number of nitrogens with two attached hydrogens (primary N) is 1. The summed E-state index contributed by atoms with van der Waals surface area (Å²) in [5.41, 5.74) is 5.80. The fraction of sp³-hybridized carbons (Fsp3) is 1.00. The monoisotopic (exact) mass is 291 g/mol. The van der Waals surface area contributed by atoms with E-state index >= 15 is 0 Å². The Morgan fingerprint density at radius 1 is 1.11 bits per heavy atom. The topological polar surface area (TPSA) is 66.6 Å². The minimum Gasteiger partial charge on any atom is -0.329 e. The number of hydrogen-bond donors (Lipinski definition) is 1. The van der Waals surface area contributed by atoms with E-state index in [1.807, 2.05) is 6.92 Å². The van der Waals surface area contributed by atoms with Crippen molar-refractivity contribution >= 4 is 10.0 Å².